The van der Waals surface area contributed by atoms with E-state index in [-0.39, 0.29) is 36.2 Å². The van der Waals surface area contributed by atoms with Gasteiger partial charge in [0, 0.05) is 51.9 Å². The van der Waals surface area contributed by atoms with Crippen LogP contribution in [0.3, 0.4) is 0 Å². The Kier molecular flexibility index (Phi) is 6.92. The van der Waals surface area contributed by atoms with Gasteiger partial charge in [-0.25, -0.2) is 14.4 Å². The van der Waals surface area contributed by atoms with E-state index in [9.17, 15) is 14.4 Å². The fourth-order valence-corrected chi connectivity index (χ4v) is 2.29. The highest BCUT2D eigenvalue weighted by Crippen LogP contribution is 1.96. The summed E-state index contributed by atoms with van der Waals surface area (Å²) in [4.78, 5) is 39.0. The summed E-state index contributed by atoms with van der Waals surface area (Å²) in [6, 6.07) is -1.42. The van der Waals surface area contributed by atoms with Gasteiger partial charge in [-0.05, 0) is 20.8 Å². The Morgan fingerprint density at radius 3 is 1.74 bits per heavy atom. The third-order valence-corrected chi connectivity index (χ3v) is 3.47. The van der Waals surface area contributed by atoms with Crippen LogP contribution in [0.5, 0.6) is 0 Å². The van der Waals surface area contributed by atoms with Gasteiger partial charge >= 0.3 is 18.1 Å². The minimum atomic E-state index is -0.330. The maximum Gasteiger partial charge on any atom is 0.317 e. The molecule has 23 heavy (non-hydrogen) atoms. The van der Waals surface area contributed by atoms with Gasteiger partial charge in [-0.3, -0.25) is 0 Å². The third-order valence-electron chi connectivity index (χ3n) is 3.47. The van der Waals surface area contributed by atoms with Crippen LogP contribution in [-0.2, 0) is 0 Å². The topological polar surface area (TPSA) is 106 Å². The Balaban J connectivity index is 2.79. The number of carbonyl (C=O) groups excluding carboxylic acids is 3. The molecule has 1 fully saturated rings. The first-order chi connectivity index (χ1) is 10.7. The monoisotopic (exact) mass is 328 g/mol. The summed E-state index contributed by atoms with van der Waals surface area (Å²) >= 11 is 0. The molecule has 0 saturated carbocycles. The summed E-state index contributed by atoms with van der Waals surface area (Å²) in [5.41, 5.74) is 0. The van der Waals surface area contributed by atoms with Gasteiger partial charge in [0.05, 0.1) is 0 Å². The first kappa shape index (κ1) is 18.9. The van der Waals surface area contributed by atoms with Gasteiger partial charge in [-0.1, -0.05) is 0 Å². The summed E-state index contributed by atoms with van der Waals surface area (Å²) in [6.07, 6.45) is 0. The molecule has 6 amide bonds. The fourth-order valence-electron chi connectivity index (χ4n) is 2.29. The summed E-state index contributed by atoms with van der Waals surface area (Å²) in [6.45, 7) is 6.56. The lowest BCUT2D eigenvalue weighted by atomic mass is 10.3. The second kappa shape index (κ2) is 8.44. The molecule has 0 aromatic heterocycles. The van der Waals surface area contributed by atoms with Gasteiger partial charge in [-0.15, -0.1) is 0 Å². The van der Waals surface area contributed by atoms with Gasteiger partial charge in [0.25, 0.3) is 0 Å². The molecule has 0 spiro atoms. The second-order valence-corrected chi connectivity index (χ2v) is 6.22. The normalized spacial score (nSPS) is 28.7. The van der Waals surface area contributed by atoms with Crippen LogP contribution in [0.15, 0.2) is 0 Å². The van der Waals surface area contributed by atoms with Gasteiger partial charge < -0.3 is 31.1 Å². The Morgan fingerprint density at radius 1 is 0.783 bits per heavy atom. The van der Waals surface area contributed by atoms with E-state index in [1.807, 2.05) is 20.8 Å². The molecule has 0 aromatic rings. The zero-order valence-electron chi connectivity index (χ0n) is 14.5. The van der Waals surface area contributed by atoms with E-state index < -0.39 is 0 Å². The number of likely N-dealkylation sites (N-methyl/N-ethyl adjacent to an activating group) is 2. The molecule has 0 radical (unpaired) electrons. The molecule has 3 atom stereocenters. The lowest BCUT2D eigenvalue weighted by Gasteiger charge is -2.26. The maximum absolute atomic E-state index is 12.1. The highest BCUT2D eigenvalue weighted by Gasteiger charge is 2.20. The summed E-state index contributed by atoms with van der Waals surface area (Å²) in [5.74, 6) is 0. The third kappa shape index (κ3) is 6.62. The fraction of sp³-hybridized carbons (Fsp3) is 0.786. The molecule has 1 aliphatic heterocycles. The van der Waals surface area contributed by atoms with Crippen molar-refractivity contribution in [3.05, 3.63) is 0 Å². The van der Waals surface area contributed by atoms with Crippen molar-refractivity contribution in [3.63, 3.8) is 0 Å². The molecule has 1 saturated heterocycles. The smallest absolute Gasteiger partial charge is 0.317 e. The summed E-state index contributed by atoms with van der Waals surface area (Å²) < 4.78 is 0. The molecular formula is C14H28N6O3. The van der Waals surface area contributed by atoms with Crippen molar-refractivity contribution in [2.24, 2.45) is 0 Å². The van der Waals surface area contributed by atoms with E-state index in [1.165, 1.54) is 9.80 Å². The van der Waals surface area contributed by atoms with Crippen LogP contribution in [0, 0.1) is 0 Å². The lowest BCUT2D eigenvalue weighted by Crippen LogP contribution is -2.51. The van der Waals surface area contributed by atoms with Crippen LogP contribution in [-0.4, -0.2) is 79.7 Å². The highest BCUT2D eigenvalue weighted by molar-refractivity contribution is 5.77. The minimum absolute atomic E-state index is 0.191. The predicted octanol–water partition coefficient (Wildman–Crippen LogP) is -0.252. The number of nitrogens with one attached hydrogen (secondary N) is 4. The van der Waals surface area contributed by atoms with Crippen molar-refractivity contribution in [2.45, 2.75) is 38.9 Å². The zero-order chi connectivity index (χ0) is 17.6. The van der Waals surface area contributed by atoms with Crippen molar-refractivity contribution in [1.82, 2.24) is 31.1 Å². The quantitative estimate of drug-likeness (QED) is 0.492. The maximum atomic E-state index is 12.1. The number of hydrogen-bond acceptors (Lipinski definition) is 3. The molecule has 4 N–H and O–H groups in total. The first-order valence-electron chi connectivity index (χ1n) is 7.76. The van der Waals surface area contributed by atoms with Crippen LogP contribution in [0.25, 0.3) is 0 Å². The molecular weight excluding hydrogens is 300 g/mol. The standard InChI is InChI=1S/C14H28N6O3/c1-9-6-15-12(21)16-10(2)7-19(4)14(23)18-11(3)8-20(5)13(22)17-9/h9-11H,6-8H2,1-5H3,(H,17,22)(H,18,23)(H2,15,16,21). The highest BCUT2D eigenvalue weighted by atomic mass is 16.2. The molecule has 9 heteroatoms. The Morgan fingerprint density at radius 2 is 1.22 bits per heavy atom. The van der Waals surface area contributed by atoms with E-state index in [4.69, 9.17) is 0 Å². The number of rotatable bonds is 0. The van der Waals surface area contributed by atoms with E-state index in [0.717, 1.165) is 0 Å². The van der Waals surface area contributed by atoms with E-state index in [0.29, 0.717) is 19.6 Å². The SMILES string of the molecule is CC1CN(C)C(=O)NC(C)CN(C)C(=O)NC(C)CNC(=O)N1. The Hall–Kier alpha value is -2.19. The number of amides is 6. The van der Waals surface area contributed by atoms with Crippen molar-refractivity contribution in [1.29, 1.82) is 0 Å². The molecule has 0 bridgehead atoms. The minimum Gasteiger partial charge on any atom is -0.336 e. The lowest BCUT2D eigenvalue weighted by molar-refractivity contribution is 0.190. The van der Waals surface area contributed by atoms with Crippen LogP contribution in [0.2, 0.25) is 0 Å². The van der Waals surface area contributed by atoms with Gasteiger partial charge in [-0.2, -0.15) is 0 Å². The molecule has 132 valence electrons. The van der Waals surface area contributed by atoms with E-state index >= 15 is 0 Å². The molecule has 0 aliphatic carbocycles. The van der Waals surface area contributed by atoms with Gasteiger partial charge in [0.1, 0.15) is 0 Å². The zero-order valence-corrected chi connectivity index (χ0v) is 14.5. The number of urea groups is 3. The molecule has 3 unspecified atom stereocenters. The first-order valence-corrected chi connectivity index (χ1v) is 7.76. The van der Waals surface area contributed by atoms with Crippen LogP contribution in [0.1, 0.15) is 20.8 Å². The second-order valence-electron chi connectivity index (χ2n) is 6.22. The van der Waals surface area contributed by atoms with E-state index in [1.54, 1.807) is 14.1 Å². The van der Waals surface area contributed by atoms with Crippen molar-refractivity contribution < 1.29 is 14.4 Å². The summed E-state index contributed by atoms with van der Waals surface area (Å²) in [7, 11) is 3.32. The molecule has 1 aliphatic rings. The van der Waals surface area contributed by atoms with E-state index in [2.05, 4.69) is 21.3 Å². The average molecular weight is 328 g/mol. The van der Waals surface area contributed by atoms with Crippen LogP contribution in [0.4, 0.5) is 14.4 Å². The average Bonchev–Trinajstić information content (AvgIpc) is 2.43. The van der Waals surface area contributed by atoms with Crippen LogP contribution < -0.4 is 21.3 Å². The van der Waals surface area contributed by atoms with Crippen molar-refractivity contribution >= 4 is 18.1 Å². The van der Waals surface area contributed by atoms with Crippen molar-refractivity contribution in [2.75, 3.05) is 33.7 Å². The van der Waals surface area contributed by atoms with Gasteiger partial charge in [0.2, 0.25) is 0 Å². The number of nitrogens with zero attached hydrogens (tertiary/aromatic N) is 2. The number of carbonyl (C=O) groups is 3. The van der Waals surface area contributed by atoms with Gasteiger partial charge in [0.15, 0.2) is 0 Å². The molecule has 0 aromatic carbocycles. The molecule has 1 heterocycles. The predicted molar refractivity (Wildman–Crippen MR) is 87.2 cm³/mol. The molecule has 1 rings (SSSR count). The Bertz CT molecular complexity index is 444. The summed E-state index contributed by atoms with van der Waals surface area (Å²) in [5, 5.41) is 11.1. The largest absolute Gasteiger partial charge is 0.336 e. The molecule has 9 nitrogen and oxygen atoms in total. The Labute approximate surface area is 137 Å². The van der Waals surface area contributed by atoms with Crippen molar-refractivity contribution in [3.8, 4) is 0 Å². The van der Waals surface area contributed by atoms with Crippen LogP contribution >= 0.6 is 0 Å². The number of hydrogen-bond donors (Lipinski definition) is 4.